The van der Waals surface area contributed by atoms with Gasteiger partial charge < -0.3 is 14.8 Å². The number of piperazine rings is 1. The Labute approximate surface area is 155 Å². The summed E-state index contributed by atoms with van der Waals surface area (Å²) in [6.45, 7) is 1.42. The van der Waals surface area contributed by atoms with Gasteiger partial charge in [0.2, 0.25) is 17.7 Å². The van der Waals surface area contributed by atoms with Crippen LogP contribution in [0.3, 0.4) is 0 Å². The van der Waals surface area contributed by atoms with Crippen molar-refractivity contribution in [1.29, 1.82) is 0 Å². The summed E-state index contributed by atoms with van der Waals surface area (Å²) in [5, 5.41) is 0.981. The van der Waals surface area contributed by atoms with Crippen LogP contribution in [-0.4, -0.2) is 76.0 Å². The Bertz CT molecular complexity index is 878. The first-order chi connectivity index (χ1) is 13.0. The van der Waals surface area contributed by atoms with Gasteiger partial charge in [0.05, 0.1) is 0 Å². The minimum Gasteiger partial charge on any atom is -0.351 e. The number of benzene rings is 1. The summed E-state index contributed by atoms with van der Waals surface area (Å²) in [6.07, 6.45) is 0.359. The van der Waals surface area contributed by atoms with Gasteiger partial charge in [-0.15, -0.1) is 0 Å². The van der Waals surface area contributed by atoms with Crippen LogP contribution in [0.15, 0.2) is 30.3 Å². The number of H-pyrrole nitrogens is 1. The second-order valence-corrected chi connectivity index (χ2v) is 6.82. The van der Waals surface area contributed by atoms with Crippen LogP contribution in [-0.2, 0) is 14.4 Å². The molecule has 4 rings (SSSR count). The lowest BCUT2D eigenvalue weighted by Gasteiger charge is -2.35. The number of aromatic amines is 1. The van der Waals surface area contributed by atoms with Gasteiger partial charge in [0.1, 0.15) is 12.2 Å². The summed E-state index contributed by atoms with van der Waals surface area (Å²) >= 11 is 0. The third kappa shape index (κ3) is 3.30. The average Bonchev–Trinajstić information content (AvgIpc) is 3.26. The Kier molecular flexibility index (Phi) is 4.39. The van der Waals surface area contributed by atoms with Crippen molar-refractivity contribution in [3.05, 3.63) is 36.0 Å². The molecule has 0 saturated carbocycles. The van der Waals surface area contributed by atoms with Gasteiger partial charge >= 0.3 is 0 Å². The third-order valence-electron chi connectivity index (χ3n) is 5.13. The molecule has 0 aliphatic carbocycles. The van der Waals surface area contributed by atoms with E-state index in [1.54, 1.807) is 9.80 Å². The van der Waals surface area contributed by atoms with E-state index in [1.807, 2.05) is 30.3 Å². The summed E-state index contributed by atoms with van der Waals surface area (Å²) in [6, 6.07) is 9.53. The SMILES string of the molecule is O=C(CN1C(=O)CCC1=O)N1CCN(C(=O)c2cc3ccccc3[nH]2)CC1. The van der Waals surface area contributed by atoms with Gasteiger partial charge in [-0.1, -0.05) is 18.2 Å². The molecule has 1 N–H and O–H groups in total. The first kappa shape index (κ1) is 17.3. The highest BCUT2D eigenvalue weighted by atomic mass is 16.2. The molecule has 2 fully saturated rings. The number of fused-ring (bicyclic) bond motifs is 1. The fraction of sp³-hybridized carbons (Fsp3) is 0.368. The number of aromatic nitrogens is 1. The van der Waals surface area contributed by atoms with Crippen LogP contribution in [0.4, 0.5) is 0 Å². The summed E-state index contributed by atoms with van der Waals surface area (Å²) in [4.78, 5) is 55.9. The van der Waals surface area contributed by atoms with Gasteiger partial charge in [-0.3, -0.25) is 24.1 Å². The lowest BCUT2D eigenvalue weighted by atomic mass is 10.2. The number of para-hydroxylation sites is 1. The van der Waals surface area contributed by atoms with Crippen LogP contribution in [0.5, 0.6) is 0 Å². The number of nitrogens with zero attached hydrogens (tertiary/aromatic N) is 3. The van der Waals surface area contributed by atoms with Crippen molar-refractivity contribution in [3.8, 4) is 0 Å². The summed E-state index contributed by atoms with van der Waals surface area (Å²) in [7, 11) is 0. The highest BCUT2D eigenvalue weighted by molar-refractivity contribution is 6.04. The van der Waals surface area contributed by atoms with Crippen molar-refractivity contribution in [2.75, 3.05) is 32.7 Å². The zero-order chi connectivity index (χ0) is 19.0. The van der Waals surface area contributed by atoms with Crippen LogP contribution in [0.25, 0.3) is 10.9 Å². The second-order valence-electron chi connectivity index (χ2n) is 6.82. The molecule has 8 nitrogen and oxygen atoms in total. The Balaban J connectivity index is 1.35. The summed E-state index contributed by atoms with van der Waals surface area (Å²) < 4.78 is 0. The number of imide groups is 1. The number of rotatable bonds is 3. The number of carbonyl (C=O) groups is 4. The number of likely N-dealkylation sites (tertiary alicyclic amines) is 1. The maximum Gasteiger partial charge on any atom is 0.270 e. The molecule has 2 saturated heterocycles. The minimum atomic E-state index is -0.291. The van der Waals surface area contributed by atoms with Gasteiger partial charge in [-0.25, -0.2) is 0 Å². The lowest BCUT2D eigenvalue weighted by molar-refractivity contribution is -0.146. The van der Waals surface area contributed by atoms with Gasteiger partial charge in [0, 0.05) is 49.9 Å². The van der Waals surface area contributed by atoms with E-state index in [9.17, 15) is 19.2 Å². The third-order valence-corrected chi connectivity index (χ3v) is 5.13. The smallest absolute Gasteiger partial charge is 0.270 e. The fourth-order valence-electron chi connectivity index (χ4n) is 3.55. The highest BCUT2D eigenvalue weighted by Gasteiger charge is 2.33. The molecule has 8 heteroatoms. The van der Waals surface area contributed by atoms with E-state index in [-0.39, 0.29) is 43.0 Å². The van der Waals surface area contributed by atoms with Crippen molar-refractivity contribution in [3.63, 3.8) is 0 Å². The molecule has 27 heavy (non-hydrogen) atoms. The van der Waals surface area contributed by atoms with Gasteiger partial charge in [-0.05, 0) is 12.1 Å². The van der Waals surface area contributed by atoms with E-state index < -0.39 is 0 Å². The molecule has 1 aromatic heterocycles. The molecule has 3 heterocycles. The Morgan fingerprint density at radius 3 is 2.22 bits per heavy atom. The Hall–Kier alpha value is -3.16. The van der Waals surface area contributed by atoms with Crippen molar-refractivity contribution < 1.29 is 19.2 Å². The lowest BCUT2D eigenvalue weighted by Crippen LogP contribution is -2.53. The zero-order valence-corrected chi connectivity index (χ0v) is 14.8. The number of nitrogens with one attached hydrogen (secondary N) is 1. The average molecular weight is 368 g/mol. The predicted octanol–water partition coefficient (Wildman–Crippen LogP) is 0.601. The standard InChI is InChI=1S/C19H20N4O4/c24-16-5-6-17(25)23(16)12-18(26)21-7-9-22(10-8-21)19(27)15-11-13-3-1-2-4-14(13)20-15/h1-4,11,20H,5-10,12H2. The molecule has 0 bridgehead atoms. The van der Waals surface area contributed by atoms with E-state index in [1.165, 1.54) is 0 Å². The van der Waals surface area contributed by atoms with E-state index in [2.05, 4.69) is 4.98 Å². The Morgan fingerprint density at radius 2 is 1.56 bits per heavy atom. The van der Waals surface area contributed by atoms with Crippen molar-refractivity contribution in [1.82, 2.24) is 19.7 Å². The van der Waals surface area contributed by atoms with Crippen LogP contribution in [0.2, 0.25) is 0 Å². The van der Waals surface area contributed by atoms with Crippen molar-refractivity contribution in [2.24, 2.45) is 0 Å². The molecule has 4 amide bonds. The van der Waals surface area contributed by atoms with Crippen LogP contribution in [0.1, 0.15) is 23.3 Å². The maximum absolute atomic E-state index is 12.7. The topological polar surface area (TPSA) is 93.8 Å². The molecule has 0 spiro atoms. The predicted molar refractivity (Wildman–Crippen MR) is 96.7 cm³/mol. The largest absolute Gasteiger partial charge is 0.351 e. The normalized spacial score (nSPS) is 17.9. The number of hydrogen-bond donors (Lipinski definition) is 1. The zero-order valence-electron chi connectivity index (χ0n) is 14.8. The summed E-state index contributed by atoms with van der Waals surface area (Å²) in [5.74, 6) is -0.929. The molecular weight excluding hydrogens is 348 g/mol. The van der Waals surface area contributed by atoms with E-state index in [0.29, 0.717) is 31.9 Å². The molecule has 0 atom stereocenters. The maximum atomic E-state index is 12.7. The molecule has 2 aromatic rings. The first-order valence-corrected chi connectivity index (χ1v) is 9.01. The summed E-state index contributed by atoms with van der Waals surface area (Å²) in [5.41, 5.74) is 1.44. The van der Waals surface area contributed by atoms with Crippen molar-refractivity contribution >= 4 is 34.5 Å². The quantitative estimate of drug-likeness (QED) is 0.803. The number of amides is 4. The molecular formula is C19H20N4O4. The van der Waals surface area contributed by atoms with Crippen LogP contribution >= 0.6 is 0 Å². The van der Waals surface area contributed by atoms with Crippen LogP contribution < -0.4 is 0 Å². The highest BCUT2D eigenvalue weighted by Crippen LogP contribution is 2.17. The molecule has 1 aromatic carbocycles. The first-order valence-electron chi connectivity index (χ1n) is 9.01. The fourth-order valence-corrected chi connectivity index (χ4v) is 3.55. The molecule has 2 aliphatic rings. The van der Waals surface area contributed by atoms with Gasteiger partial charge in [-0.2, -0.15) is 0 Å². The number of hydrogen-bond acceptors (Lipinski definition) is 4. The Morgan fingerprint density at radius 1 is 0.926 bits per heavy atom. The van der Waals surface area contributed by atoms with Crippen LogP contribution in [0, 0.1) is 0 Å². The van der Waals surface area contributed by atoms with Gasteiger partial charge in [0.15, 0.2) is 0 Å². The van der Waals surface area contributed by atoms with E-state index in [4.69, 9.17) is 0 Å². The van der Waals surface area contributed by atoms with E-state index in [0.717, 1.165) is 15.8 Å². The second kappa shape index (κ2) is 6.86. The molecule has 140 valence electrons. The van der Waals surface area contributed by atoms with Crippen molar-refractivity contribution in [2.45, 2.75) is 12.8 Å². The molecule has 0 unspecified atom stereocenters. The minimum absolute atomic E-state index is 0.0943. The van der Waals surface area contributed by atoms with Gasteiger partial charge in [0.25, 0.3) is 5.91 Å². The molecule has 2 aliphatic heterocycles. The molecule has 0 radical (unpaired) electrons. The number of carbonyl (C=O) groups excluding carboxylic acids is 4. The monoisotopic (exact) mass is 368 g/mol. The van der Waals surface area contributed by atoms with E-state index >= 15 is 0 Å².